The van der Waals surface area contributed by atoms with Gasteiger partial charge in [0, 0.05) is 13.2 Å². The Morgan fingerprint density at radius 2 is 2.12 bits per heavy atom. The molecule has 0 N–H and O–H groups in total. The van der Waals surface area contributed by atoms with Gasteiger partial charge in [-0.25, -0.2) is 4.79 Å². The summed E-state index contributed by atoms with van der Waals surface area (Å²) in [5, 5.41) is 10.5. The number of esters is 1. The van der Waals surface area contributed by atoms with Gasteiger partial charge in [-0.05, 0) is 11.6 Å². The highest BCUT2D eigenvalue weighted by Crippen LogP contribution is 2.25. The third kappa shape index (κ3) is 2.76. The van der Waals surface area contributed by atoms with Crippen molar-refractivity contribution in [3.05, 3.63) is 39.7 Å². The van der Waals surface area contributed by atoms with Gasteiger partial charge in [0.1, 0.15) is 0 Å². The molecule has 0 aliphatic heterocycles. The van der Waals surface area contributed by atoms with Crippen LogP contribution in [0.1, 0.15) is 11.7 Å². The minimum absolute atomic E-state index is 0.160. The first kappa shape index (κ1) is 13.0. The average molecular weight is 243 g/mol. The maximum atomic E-state index is 13.1. The van der Waals surface area contributed by atoms with E-state index in [1.165, 1.54) is 13.2 Å². The van der Waals surface area contributed by atoms with Gasteiger partial charge in [-0.15, -0.1) is 0 Å². The molecule has 17 heavy (non-hydrogen) atoms. The van der Waals surface area contributed by atoms with Crippen LogP contribution in [0.5, 0.6) is 0 Å². The predicted molar refractivity (Wildman–Crippen MR) is 54.8 cm³/mol. The van der Waals surface area contributed by atoms with Gasteiger partial charge in [-0.1, -0.05) is 6.07 Å². The molecule has 0 spiro atoms. The van der Waals surface area contributed by atoms with Gasteiger partial charge in [-0.3, -0.25) is 10.1 Å². The first-order valence-electron chi connectivity index (χ1n) is 4.55. The molecule has 6 nitrogen and oxygen atoms in total. The molecule has 0 amide bonds. The second kappa shape index (κ2) is 5.35. The summed E-state index contributed by atoms with van der Waals surface area (Å²) in [4.78, 5) is 21.0. The number of nitro groups is 1. The highest BCUT2D eigenvalue weighted by molar-refractivity contribution is 5.76. The second-order valence-electron chi connectivity index (χ2n) is 3.11. The summed E-state index contributed by atoms with van der Waals surface area (Å²) in [6.45, 7) is 0. The van der Waals surface area contributed by atoms with Crippen molar-refractivity contribution in [3.8, 4) is 0 Å². The summed E-state index contributed by atoms with van der Waals surface area (Å²) < 4.78 is 22.4. The number of nitrogens with zero attached hydrogens (tertiary/aromatic N) is 1. The largest absolute Gasteiger partial charge is 0.467 e. The third-order valence-corrected chi connectivity index (χ3v) is 2.12. The molecule has 1 unspecified atom stereocenters. The first-order valence-corrected chi connectivity index (χ1v) is 4.55. The number of nitro benzene ring substituents is 1. The fourth-order valence-electron chi connectivity index (χ4n) is 1.31. The van der Waals surface area contributed by atoms with E-state index in [0.29, 0.717) is 0 Å². The number of halogens is 1. The molecule has 0 saturated carbocycles. The summed E-state index contributed by atoms with van der Waals surface area (Å²) in [6.07, 6.45) is -1.11. The molecule has 7 heteroatoms. The molecular weight excluding hydrogens is 233 g/mol. The van der Waals surface area contributed by atoms with Crippen molar-refractivity contribution in [1.29, 1.82) is 0 Å². The molecule has 92 valence electrons. The summed E-state index contributed by atoms with van der Waals surface area (Å²) in [7, 11) is 2.41. The van der Waals surface area contributed by atoms with Crippen LogP contribution >= 0.6 is 0 Å². The number of methoxy groups -OCH3 is 2. The molecule has 0 bridgehead atoms. The summed E-state index contributed by atoms with van der Waals surface area (Å²) in [6, 6.07) is 3.08. The monoisotopic (exact) mass is 243 g/mol. The SMILES string of the molecule is COC(=O)C(OC)c1ccc(F)c([N+](=O)[O-])c1. The number of hydrogen-bond acceptors (Lipinski definition) is 5. The van der Waals surface area contributed by atoms with Gasteiger partial charge in [-0.2, -0.15) is 4.39 Å². The summed E-state index contributed by atoms with van der Waals surface area (Å²) in [5.74, 6) is -1.69. The predicted octanol–water partition coefficient (Wildman–Crippen LogP) is 1.59. The topological polar surface area (TPSA) is 78.7 Å². The van der Waals surface area contributed by atoms with E-state index in [4.69, 9.17) is 4.74 Å². The molecule has 0 radical (unpaired) electrons. The molecule has 0 fully saturated rings. The molecule has 0 saturated heterocycles. The fraction of sp³-hybridized carbons (Fsp3) is 0.300. The van der Waals surface area contributed by atoms with E-state index in [1.807, 2.05) is 0 Å². The molecule has 1 rings (SSSR count). The molecule has 1 aromatic carbocycles. The Kier molecular flexibility index (Phi) is 4.11. The zero-order chi connectivity index (χ0) is 13.0. The van der Waals surface area contributed by atoms with Gasteiger partial charge in [0.2, 0.25) is 5.82 Å². The maximum absolute atomic E-state index is 13.1. The lowest BCUT2D eigenvalue weighted by Gasteiger charge is -2.12. The van der Waals surface area contributed by atoms with Crippen LogP contribution in [0.4, 0.5) is 10.1 Å². The van der Waals surface area contributed by atoms with Gasteiger partial charge in [0.25, 0.3) is 0 Å². The van der Waals surface area contributed by atoms with Crippen molar-refractivity contribution in [2.24, 2.45) is 0 Å². The highest BCUT2D eigenvalue weighted by Gasteiger charge is 2.24. The van der Waals surface area contributed by atoms with E-state index in [9.17, 15) is 19.3 Å². The minimum atomic E-state index is -1.11. The lowest BCUT2D eigenvalue weighted by atomic mass is 10.1. The van der Waals surface area contributed by atoms with Gasteiger partial charge < -0.3 is 9.47 Å². The Morgan fingerprint density at radius 1 is 1.47 bits per heavy atom. The van der Waals surface area contributed by atoms with E-state index < -0.39 is 28.5 Å². The van der Waals surface area contributed by atoms with Gasteiger partial charge in [0.05, 0.1) is 12.0 Å². The number of ether oxygens (including phenoxy) is 2. The zero-order valence-electron chi connectivity index (χ0n) is 9.18. The van der Waals surface area contributed by atoms with Crippen molar-refractivity contribution in [2.75, 3.05) is 14.2 Å². The van der Waals surface area contributed by atoms with E-state index in [1.54, 1.807) is 0 Å². The molecule has 0 heterocycles. The van der Waals surface area contributed by atoms with Crippen LogP contribution < -0.4 is 0 Å². The second-order valence-corrected chi connectivity index (χ2v) is 3.11. The van der Waals surface area contributed by atoms with Crippen LogP contribution in [0.25, 0.3) is 0 Å². The van der Waals surface area contributed by atoms with E-state index in [-0.39, 0.29) is 5.56 Å². The van der Waals surface area contributed by atoms with E-state index in [0.717, 1.165) is 19.2 Å². The van der Waals surface area contributed by atoms with Crippen molar-refractivity contribution in [2.45, 2.75) is 6.10 Å². The number of hydrogen-bond donors (Lipinski definition) is 0. The molecule has 0 aliphatic rings. The Balaban J connectivity index is 3.18. The normalized spacial score (nSPS) is 11.9. The van der Waals surface area contributed by atoms with Crippen LogP contribution in [-0.2, 0) is 14.3 Å². The fourth-order valence-corrected chi connectivity index (χ4v) is 1.31. The Morgan fingerprint density at radius 3 is 2.59 bits per heavy atom. The van der Waals surface area contributed by atoms with Gasteiger partial charge in [0.15, 0.2) is 6.10 Å². The first-order chi connectivity index (χ1) is 8.01. The van der Waals surface area contributed by atoms with Crippen LogP contribution in [-0.4, -0.2) is 25.1 Å². The molecule has 0 aromatic heterocycles. The Labute approximate surface area is 96.1 Å². The lowest BCUT2D eigenvalue weighted by Crippen LogP contribution is -2.16. The number of carbonyl (C=O) groups is 1. The molecule has 1 aromatic rings. The van der Waals surface area contributed by atoms with Crippen LogP contribution in [0.2, 0.25) is 0 Å². The Hall–Kier alpha value is -2.02. The summed E-state index contributed by atoms with van der Waals surface area (Å²) >= 11 is 0. The van der Waals surface area contributed by atoms with Crippen molar-refractivity contribution >= 4 is 11.7 Å². The average Bonchev–Trinajstić information content (AvgIpc) is 2.31. The third-order valence-electron chi connectivity index (χ3n) is 2.12. The van der Waals surface area contributed by atoms with Crippen LogP contribution in [0.15, 0.2) is 18.2 Å². The van der Waals surface area contributed by atoms with E-state index in [2.05, 4.69) is 4.74 Å². The summed E-state index contributed by atoms with van der Waals surface area (Å²) in [5.41, 5.74) is -0.555. The molecular formula is C10H10FNO5. The molecule has 1 atom stereocenters. The van der Waals surface area contributed by atoms with Gasteiger partial charge >= 0.3 is 11.7 Å². The van der Waals surface area contributed by atoms with Crippen molar-refractivity contribution < 1.29 is 23.6 Å². The maximum Gasteiger partial charge on any atom is 0.339 e. The van der Waals surface area contributed by atoms with Crippen molar-refractivity contribution in [3.63, 3.8) is 0 Å². The quantitative estimate of drug-likeness (QED) is 0.456. The van der Waals surface area contributed by atoms with Crippen molar-refractivity contribution in [1.82, 2.24) is 0 Å². The van der Waals surface area contributed by atoms with Crippen LogP contribution in [0, 0.1) is 15.9 Å². The molecule has 0 aliphatic carbocycles. The van der Waals surface area contributed by atoms with Crippen LogP contribution in [0.3, 0.4) is 0 Å². The minimum Gasteiger partial charge on any atom is -0.467 e. The lowest BCUT2D eigenvalue weighted by molar-refractivity contribution is -0.387. The smallest absolute Gasteiger partial charge is 0.339 e. The number of benzene rings is 1. The Bertz CT molecular complexity index is 448. The zero-order valence-corrected chi connectivity index (χ0v) is 9.18. The standard InChI is InChI=1S/C10H10FNO5/c1-16-9(10(13)17-2)6-3-4-7(11)8(5-6)12(14)15/h3-5,9H,1-2H3. The number of rotatable bonds is 4. The van der Waals surface area contributed by atoms with E-state index >= 15 is 0 Å². The highest BCUT2D eigenvalue weighted by atomic mass is 19.1. The number of carbonyl (C=O) groups excluding carboxylic acids is 1.